The van der Waals surface area contributed by atoms with Crippen molar-refractivity contribution < 1.29 is 14.5 Å². The zero-order valence-corrected chi connectivity index (χ0v) is 12.4. The molecule has 1 aromatic rings. The molecule has 0 aromatic heterocycles. The molecule has 0 aliphatic heterocycles. The van der Waals surface area contributed by atoms with Crippen molar-refractivity contribution in [1.82, 2.24) is 10.6 Å². The standard InChI is InChI=1S/C13H16ClN3O4/c1-8(2)6-15-12(18)7-16-13(19)9-3-4-10(14)11(5-9)17(20)21/h3-5,8H,6-7H2,1-2H3,(H,15,18)(H,16,19). The molecule has 0 fully saturated rings. The highest BCUT2D eigenvalue weighted by Crippen LogP contribution is 2.24. The maximum atomic E-state index is 11.8. The summed E-state index contributed by atoms with van der Waals surface area (Å²) in [4.78, 5) is 33.3. The number of rotatable bonds is 6. The van der Waals surface area contributed by atoms with Crippen LogP contribution in [0.25, 0.3) is 0 Å². The first kappa shape index (κ1) is 16.9. The predicted octanol–water partition coefficient (Wildman–Crippen LogP) is 1.75. The van der Waals surface area contributed by atoms with Crippen LogP contribution in [-0.4, -0.2) is 29.8 Å². The second-order valence-corrected chi connectivity index (χ2v) is 5.21. The van der Waals surface area contributed by atoms with Crippen molar-refractivity contribution in [2.24, 2.45) is 5.92 Å². The van der Waals surface area contributed by atoms with E-state index in [9.17, 15) is 19.7 Å². The lowest BCUT2D eigenvalue weighted by Crippen LogP contribution is -2.38. The Bertz CT molecular complexity index is 560. The number of benzene rings is 1. The van der Waals surface area contributed by atoms with E-state index in [2.05, 4.69) is 10.6 Å². The number of halogens is 1. The Morgan fingerprint density at radius 2 is 2.00 bits per heavy atom. The molecule has 8 heteroatoms. The first-order chi connectivity index (χ1) is 9.81. The van der Waals surface area contributed by atoms with E-state index in [1.807, 2.05) is 13.8 Å². The molecule has 2 N–H and O–H groups in total. The maximum absolute atomic E-state index is 11.8. The van der Waals surface area contributed by atoms with E-state index in [1.54, 1.807) is 0 Å². The molecule has 0 aliphatic rings. The van der Waals surface area contributed by atoms with Crippen molar-refractivity contribution in [3.63, 3.8) is 0 Å². The highest BCUT2D eigenvalue weighted by Gasteiger charge is 2.16. The predicted molar refractivity (Wildman–Crippen MR) is 78.3 cm³/mol. The summed E-state index contributed by atoms with van der Waals surface area (Å²) < 4.78 is 0. The highest BCUT2D eigenvalue weighted by molar-refractivity contribution is 6.32. The second kappa shape index (κ2) is 7.58. The molecule has 0 heterocycles. The number of nitrogens with one attached hydrogen (secondary N) is 2. The Kier molecular flexibility index (Phi) is 6.10. The Hall–Kier alpha value is -2.15. The smallest absolute Gasteiger partial charge is 0.288 e. The van der Waals surface area contributed by atoms with Gasteiger partial charge < -0.3 is 10.6 Å². The number of amides is 2. The second-order valence-electron chi connectivity index (χ2n) is 4.80. The molecule has 0 unspecified atom stereocenters. The van der Waals surface area contributed by atoms with Crippen LogP contribution in [0.2, 0.25) is 5.02 Å². The molecule has 1 rings (SSSR count). The third kappa shape index (κ3) is 5.39. The van der Waals surface area contributed by atoms with E-state index in [-0.39, 0.29) is 28.7 Å². The van der Waals surface area contributed by atoms with E-state index in [0.29, 0.717) is 12.5 Å². The minimum absolute atomic E-state index is 0.0498. The molecule has 7 nitrogen and oxygen atoms in total. The van der Waals surface area contributed by atoms with Crippen LogP contribution in [0.1, 0.15) is 24.2 Å². The van der Waals surface area contributed by atoms with Gasteiger partial charge in [-0.25, -0.2) is 0 Å². The largest absolute Gasteiger partial charge is 0.354 e. The van der Waals surface area contributed by atoms with Gasteiger partial charge in [0.2, 0.25) is 5.91 Å². The molecule has 0 atom stereocenters. The first-order valence-electron chi connectivity index (χ1n) is 6.30. The number of hydrogen-bond acceptors (Lipinski definition) is 4. The minimum atomic E-state index is -0.672. The molecule has 2 amide bonds. The summed E-state index contributed by atoms with van der Waals surface area (Å²) in [5.74, 6) is -0.585. The average Bonchev–Trinajstić information content (AvgIpc) is 2.42. The van der Waals surface area contributed by atoms with Crippen molar-refractivity contribution in [3.8, 4) is 0 Å². The van der Waals surface area contributed by atoms with Gasteiger partial charge in [0.05, 0.1) is 11.5 Å². The SMILES string of the molecule is CC(C)CNC(=O)CNC(=O)c1ccc(Cl)c([N+](=O)[O-])c1. The lowest BCUT2D eigenvalue weighted by atomic mass is 10.2. The number of nitro benzene ring substituents is 1. The summed E-state index contributed by atoms with van der Waals surface area (Å²) in [6.07, 6.45) is 0. The fourth-order valence-electron chi connectivity index (χ4n) is 1.44. The van der Waals surface area contributed by atoms with Gasteiger partial charge in [0.15, 0.2) is 0 Å². The van der Waals surface area contributed by atoms with Gasteiger partial charge in [-0.15, -0.1) is 0 Å². The summed E-state index contributed by atoms with van der Waals surface area (Å²) >= 11 is 5.66. The average molecular weight is 314 g/mol. The van der Waals surface area contributed by atoms with Gasteiger partial charge in [-0.1, -0.05) is 25.4 Å². The number of nitrogens with zero attached hydrogens (tertiary/aromatic N) is 1. The highest BCUT2D eigenvalue weighted by atomic mass is 35.5. The normalized spacial score (nSPS) is 10.3. The third-order valence-corrected chi connectivity index (χ3v) is 2.84. The quantitative estimate of drug-likeness (QED) is 0.617. The fraction of sp³-hybridized carbons (Fsp3) is 0.385. The van der Waals surface area contributed by atoms with E-state index in [1.165, 1.54) is 12.1 Å². The van der Waals surface area contributed by atoms with Crippen molar-refractivity contribution in [3.05, 3.63) is 38.9 Å². The van der Waals surface area contributed by atoms with E-state index in [4.69, 9.17) is 11.6 Å². The molecule has 0 saturated heterocycles. The molecule has 1 aromatic carbocycles. The first-order valence-corrected chi connectivity index (χ1v) is 6.68. The summed E-state index contributed by atoms with van der Waals surface area (Å²) in [7, 11) is 0. The van der Waals surface area contributed by atoms with Crippen molar-refractivity contribution >= 4 is 29.1 Å². The zero-order valence-electron chi connectivity index (χ0n) is 11.7. The zero-order chi connectivity index (χ0) is 16.0. The molecule has 0 saturated carbocycles. The van der Waals surface area contributed by atoms with Gasteiger partial charge in [-0.05, 0) is 18.1 Å². The molecular weight excluding hydrogens is 298 g/mol. The van der Waals surface area contributed by atoms with Crippen LogP contribution in [0.5, 0.6) is 0 Å². The summed E-state index contributed by atoms with van der Waals surface area (Å²) in [6, 6.07) is 3.70. The third-order valence-electron chi connectivity index (χ3n) is 2.52. The number of carbonyl (C=O) groups excluding carboxylic acids is 2. The van der Waals surface area contributed by atoms with Crippen LogP contribution in [-0.2, 0) is 4.79 Å². The van der Waals surface area contributed by atoms with Crippen LogP contribution in [0.4, 0.5) is 5.69 Å². The van der Waals surface area contributed by atoms with Gasteiger partial charge >= 0.3 is 0 Å². The van der Waals surface area contributed by atoms with E-state index in [0.717, 1.165) is 6.07 Å². The number of hydrogen-bond donors (Lipinski definition) is 2. The van der Waals surface area contributed by atoms with Crippen LogP contribution in [0, 0.1) is 16.0 Å². The number of nitro groups is 1. The number of carbonyl (C=O) groups is 2. The minimum Gasteiger partial charge on any atom is -0.354 e. The monoisotopic (exact) mass is 313 g/mol. The van der Waals surface area contributed by atoms with E-state index >= 15 is 0 Å². The Labute approximate surface area is 126 Å². The van der Waals surface area contributed by atoms with Crippen LogP contribution >= 0.6 is 11.6 Å². The molecule has 21 heavy (non-hydrogen) atoms. The molecule has 0 bridgehead atoms. The van der Waals surface area contributed by atoms with Crippen molar-refractivity contribution in [1.29, 1.82) is 0 Å². The maximum Gasteiger partial charge on any atom is 0.288 e. The summed E-state index contributed by atoms with van der Waals surface area (Å²) in [6.45, 7) is 4.22. The Balaban J connectivity index is 2.62. The lowest BCUT2D eigenvalue weighted by Gasteiger charge is -2.08. The topological polar surface area (TPSA) is 101 Å². The van der Waals surface area contributed by atoms with Crippen LogP contribution in [0.3, 0.4) is 0 Å². The van der Waals surface area contributed by atoms with Gasteiger partial charge in [0.25, 0.3) is 11.6 Å². The van der Waals surface area contributed by atoms with Gasteiger partial charge in [0.1, 0.15) is 5.02 Å². The lowest BCUT2D eigenvalue weighted by molar-refractivity contribution is -0.384. The van der Waals surface area contributed by atoms with E-state index < -0.39 is 10.8 Å². The summed E-state index contributed by atoms with van der Waals surface area (Å²) in [5.41, 5.74) is -0.281. The van der Waals surface area contributed by atoms with Gasteiger partial charge in [0, 0.05) is 18.2 Å². The van der Waals surface area contributed by atoms with Crippen LogP contribution in [0.15, 0.2) is 18.2 Å². The van der Waals surface area contributed by atoms with Crippen LogP contribution < -0.4 is 10.6 Å². The molecular formula is C13H16ClN3O4. The summed E-state index contributed by atoms with van der Waals surface area (Å²) in [5, 5.41) is 15.7. The van der Waals surface area contributed by atoms with Gasteiger partial charge in [-0.3, -0.25) is 19.7 Å². The molecule has 114 valence electrons. The Morgan fingerprint density at radius 3 is 2.57 bits per heavy atom. The molecule has 0 radical (unpaired) electrons. The fourth-order valence-corrected chi connectivity index (χ4v) is 1.62. The van der Waals surface area contributed by atoms with Gasteiger partial charge in [-0.2, -0.15) is 0 Å². The Morgan fingerprint density at radius 1 is 1.33 bits per heavy atom. The molecule has 0 spiro atoms. The van der Waals surface area contributed by atoms with Crippen molar-refractivity contribution in [2.75, 3.05) is 13.1 Å². The van der Waals surface area contributed by atoms with Crippen molar-refractivity contribution in [2.45, 2.75) is 13.8 Å². The molecule has 0 aliphatic carbocycles.